The lowest BCUT2D eigenvalue weighted by Gasteiger charge is -2.43. The zero-order valence-corrected chi connectivity index (χ0v) is 25.0. The van der Waals surface area contributed by atoms with Gasteiger partial charge in [0.05, 0.1) is 41.4 Å². The van der Waals surface area contributed by atoms with Crippen LogP contribution in [0.3, 0.4) is 0 Å². The summed E-state index contributed by atoms with van der Waals surface area (Å²) in [4.78, 5) is 28.0. The van der Waals surface area contributed by atoms with Crippen LogP contribution in [0.2, 0.25) is 6.32 Å². The molecule has 15 heteroatoms. The van der Waals surface area contributed by atoms with E-state index < -0.39 is 72.0 Å². The molecule has 0 bridgehead atoms. The van der Waals surface area contributed by atoms with Gasteiger partial charge in [-0.3, -0.25) is 9.59 Å². The molecule has 46 heavy (non-hydrogen) atoms. The number of carbonyl (C=O) groups is 2. The number of amides is 2. The van der Waals surface area contributed by atoms with Crippen molar-refractivity contribution in [3.63, 3.8) is 0 Å². The lowest BCUT2D eigenvalue weighted by Crippen LogP contribution is -2.46. The highest BCUT2D eigenvalue weighted by Crippen LogP contribution is 2.52. The van der Waals surface area contributed by atoms with Crippen LogP contribution in [0.5, 0.6) is 0 Å². The Morgan fingerprint density at radius 1 is 1.07 bits per heavy atom. The Balaban J connectivity index is 1.48. The molecular weight excluding hydrogens is 623 g/mol. The number of halogens is 6. The van der Waals surface area contributed by atoms with E-state index in [4.69, 9.17) is 13.8 Å². The third-order valence-corrected chi connectivity index (χ3v) is 8.82. The third-order valence-electron chi connectivity index (χ3n) is 8.82. The number of aliphatic hydroxyl groups is 1. The number of benzene rings is 1. The van der Waals surface area contributed by atoms with Crippen LogP contribution in [0.4, 0.5) is 32.0 Å². The normalized spacial score (nSPS) is 24.2. The maximum atomic E-state index is 13.9. The van der Waals surface area contributed by atoms with E-state index in [-0.39, 0.29) is 32.0 Å². The van der Waals surface area contributed by atoms with Gasteiger partial charge in [-0.25, -0.2) is 4.90 Å². The molecule has 2 fully saturated rings. The van der Waals surface area contributed by atoms with Crippen LogP contribution >= 0.6 is 0 Å². The molecule has 4 atom stereocenters. The number of fused-ring (bicyclic) bond motifs is 3. The van der Waals surface area contributed by atoms with E-state index in [1.165, 1.54) is 7.11 Å². The Hall–Kier alpha value is -3.40. The first-order chi connectivity index (χ1) is 21.7. The summed E-state index contributed by atoms with van der Waals surface area (Å²) in [5, 5.41) is 20.0. The van der Waals surface area contributed by atoms with Crippen LogP contribution in [0.15, 0.2) is 51.5 Å². The number of ether oxygens (including phenoxy) is 1. The lowest BCUT2D eigenvalue weighted by molar-refractivity contribution is -0.143. The Morgan fingerprint density at radius 3 is 2.30 bits per heavy atom. The minimum absolute atomic E-state index is 0.0146. The fraction of sp³-hybridized carbons (Fsp3) is 0.484. The van der Waals surface area contributed by atoms with Gasteiger partial charge in [-0.2, -0.15) is 26.3 Å². The van der Waals surface area contributed by atoms with E-state index in [0.717, 1.165) is 5.57 Å². The van der Waals surface area contributed by atoms with Crippen LogP contribution in [0.1, 0.15) is 55.3 Å². The number of hydrogen-bond acceptors (Lipinski definition) is 7. The largest absolute Gasteiger partial charge is 0.459 e. The van der Waals surface area contributed by atoms with E-state index in [1.54, 1.807) is 12.1 Å². The first kappa shape index (κ1) is 34.0. The van der Waals surface area contributed by atoms with Gasteiger partial charge in [0.25, 0.3) is 0 Å². The number of anilines is 1. The number of carbonyl (C=O) groups excluding carboxylic acids is 2. The van der Waals surface area contributed by atoms with Crippen molar-refractivity contribution < 1.29 is 59.9 Å². The molecule has 0 radical (unpaired) electrons. The van der Waals surface area contributed by atoms with Gasteiger partial charge < -0.3 is 23.9 Å². The highest BCUT2D eigenvalue weighted by Gasteiger charge is 2.58. The predicted octanol–water partition coefficient (Wildman–Crippen LogP) is 6.03. The van der Waals surface area contributed by atoms with Crippen molar-refractivity contribution in [3.05, 3.63) is 69.7 Å². The molecular formula is C31H32BF6NO7. The lowest BCUT2D eigenvalue weighted by atomic mass is 9.58. The minimum Gasteiger partial charge on any atom is -0.459 e. The second kappa shape index (κ2) is 13.0. The molecule has 248 valence electrons. The molecule has 1 aromatic carbocycles. The van der Waals surface area contributed by atoms with Gasteiger partial charge in [0.15, 0.2) is 0 Å². The summed E-state index contributed by atoms with van der Waals surface area (Å²) in [7, 11) is 0.0918. The van der Waals surface area contributed by atoms with Crippen LogP contribution in [0, 0.1) is 17.8 Å². The van der Waals surface area contributed by atoms with Crippen LogP contribution < -0.4 is 4.90 Å². The van der Waals surface area contributed by atoms with Crippen LogP contribution in [-0.2, 0) is 37.9 Å². The standard InChI is InChI=1S/C31H32BF6NO7/c1-3-16(8-21-5-6-22(14-40)45-21)4-7-25-26-17(15-44-2)9-23-27(24(26)13-32(43)46-25)29(42)39(28(23)41)20-11-18(30(33,34)35)10-19(12-20)31(36,37)38/h5-6,8,10-12,23-25,27,40,43H,3-4,7,9,13-15H2,1-2H3/b16-8+/t23-,24+,25-,27-/m1/s1. The van der Waals surface area contributed by atoms with Crippen molar-refractivity contribution in [2.45, 2.75) is 64.0 Å². The van der Waals surface area contributed by atoms with Gasteiger partial charge >= 0.3 is 19.5 Å². The Morgan fingerprint density at radius 2 is 1.74 bits per heavy atom. The molecule has 2 amide bonds. The van der Waals surface area contributed by atoms with Gasteiger partial charge in [0.1, 0.15) is 18.1 Å². The number of alkyl halides is 6. The smallest absolute Gasteiger partial charge is 0.455 e. The van der Waals surface area contributed by atoms with E-state index >= 15 is 0 Å². The van der Waals surface area contributed by atoms with Crippen molar-refractivity contribution in [2.24, 2.45) is 17.8 Å². The van der Waals surface area contributed by atoms with E-state index in [1.807, 2.05) is 13.0 Å². The molecule has 5 rings (SSSR count). The molecule has 0 spiro atoms. The molecule has 1 aromatic heterocycles. The fourth-order valence-corrected chi connectivity index (χ4v) is 6.82. The average molecular weight is 655 g/mol. The molecule has 1 aliphatic carbocycles. The molecule has 2 aliphatic heterocycles. The number of hydrogen-bond donors (Lipinski definition) is 2. The number of aliphatic hydroxyl groups excluding tert-OH is 1. The van der Waals surface area contributed by atoms with Gasteiger partial charge in [0, 0.05) is 7.11 Å². The molecule has 0 unspecified atom stereocenters. The zero-order valence-electron chi connectivity index (χ0n) is 25.0. The zero-order chi connectivity index (χ0) is 33.6. The monoisotopic (exact) mass is 655 g/mol. The SMILES string of the molecule is CC/C(=C\c1ccc(CO)o1)CC[C@H]1OB(O)C[C@H]2C1=C(COC)C[C@H]1C(=O)N(c3cc(C(F)(F)F)cc(C(F)(F)F)c3)C(=O)[C@H]12. The third kappa shape index (κ3) is 6.69. The number of nitrogens with zero attached hydrogens (tertiary/aromatic N) is 1. The summed E-state index contributed by atoms with van der Waals surface area (Å²) >= 11 is 0. The summed E-state index contributed by atoms with van der Waals surface area (Å²) in [6.45, 7) is 1.73. The summed E-state index contributed by atoms with van der Waals surface area (Å²) < 4.78 is 98.6. The van der Waals surface area contributed by atoms with Gasteiger partial charge in [-0.15, -0.1) is 0 Å². The summed E-state index contributed by atoms with van der Waals surface area (Å²) in [5.74, 6) is -3.87. The number of rotatable bonds is 9. The maximum absolute atomic E-state index is 13.9. The average Bonchev–Trinajstić information content (AvgIpc) is 3.55. The molecule has 2 aromatic rings. The first-order valence-corrected chi connectivity index (χ1v) is 14.8. The Kier molecular flexibility index (Phi) is 9.61. The van der Waals surface area contributed by atoms with Crippen molar-refractivity contribution in [3.8, 4) is 0 Å². The summed E-state index contributed by atoms with van der Waals surface area (Å²) in [6, 6.07) is 4.05. The molecule has 3 aliphatic rings. The quantitative estimate of drug-likeness (QED) is 0.147. The first-order valence-electron chi connectivity index (χ1n) is 14.8. The number of methoxy groups -OCH3 is 1. The topological polar surface area (TPSA) is 109 Å². The van der Waals surface area contributed by atoms with Crippen molar-refractivity contribution in [1.82, 2.24) is 0 Å². The second-order valence-electron chi connectivity index (χ2n) is 11.7. The van der Waals surface area contributed by atoms with Crippen molar-refractivity contribution in [1.29, 1.82) is 0 Å². The molecule has 0 saturated carbocycles. The van der Waals surface area contributed by atoms with Crippen LogP contribution in [-0.4, -0.2) is 48.9 Å². The van der Waals surface area contributed by atoms with E-state index in [9.17, 15) is 46.1 Å². The highest BCUT2D eigenvalue weighted by atomic mass is 19.4. The minimum atomic E-state index is -5.17. The molecule has 3 heterocycles. The molecule has 2 N–H and O–H groups in total. The van der Waals surface area contributed by atoms with Gasteiger partial charge in [-0.1, -0.05) is 12.5 Å². The Bertz CT molecular complexity index is 1520. The summed E-state index contributed by atoms with van der Waals surface area (Å²) in [5.41, 5.74) is -1.86. The molecule has 2 saturated heterocycles. The van der Waals surface area contributed by atoms with Gasteiger partial charge in [0.2, 0.25) is 11.8 Å². The maximum Gasteiger partial charge on any atom is 0.455 e. The number of imide groups is 1. The van der Waals surface area contributed by atoms with Crippen molar-refractivity contribution >= 4 is 30.7 Å². The fourth-order valence-electron chi connectivity index (χ4n) is 6.82. The van der Waals surface area contributed by atoms with E-state index in [2.05, 4.69) is 0 Å². The number of furan rings is 1. The van der Waals surface area contributed by atoms with Crippen molar-refractivity contribution in [2.75, 3.05) is 18.6 Å². The summed E-state index contributed by atoms with van der Waals surface area (Å²) in [6.07, 6.45) is -7.85. The predicted molar refractivity (Wildman–Crippen MR) is 153 cm³/mol. The number of allylic oxidation sites excluding steroid dienone is 1. The Labute approximate surface area is 260 Å². The van der Waals surface area contributed by atoms with Gasteiger partial charge in [-0.05, 0) is 85.5 Å². The molecule has 8 nitrogen and oxygen atoms in total. The van der Waals surface area contributed by atoms with E-state index in [0.29, 0.717) is 59.0 Å². The highest BCUT2D eigenvalue weighted by molar-refractivity contribution is 6.43. The van der Waals surface area contributed by atoms with Crippen LogP contribution in [0.25, 0.3) is 6.08 Å². The second-order valence-corrected chi connectivity index (χ2v) is 11.7.